The number of urea groups is 1. The van der Waals surface area contributed by atoms with E-state index in [4.69, 9.17) is 10.00 Å². The zero-order chi connectivity index (χ0) is 22.3. The first-order valence-corrected chi connectivity index (χ1v) is 9.44. The lowest BCUT2D eigenvalue weighted by Gasteiger charge is -2.27. The summed E-state index contributed by atoms with van der Waals surface area (Å²) in [6.45, 7) is 2.32. The van der Waals surface area contributed by atoms with Crippen molar-refractivity contribution in [2.45, 2.75) is 57.3 Å². The van der Waals surface area contributed by atoms with E-state index in [1.54, 1.807) is 0 Å². The van der Waals surface area contributed by atoms with Gasteiger partial charge < -0.3 is 4.74 Å². The predicted molar refractivity (Wildman–Crippen MR) is 98.2 cm³/mol. The molecule has 7 nitrogen and oxygen atoms in total. The van der Waals surface area contributed by atoms with Gasteiger partial charge in [-0.25, -0.2) is 9.69 Å². The number of esters is 1. The van der Waals surface area contributed by atoms with Crippen LogP contribution >= 0.6 is 0 Å². The van der Waals surface area contributed by atoms with Crippen LogP contribution in [-0.2, 0) is 20.5 Å². The minimum atomic E-state index is -4.84. The molecule has 1 aliphatic heterocycles. The molecule has 30 heavy (non-hydrogen) atoms. The van der Waals surface area contributed by atoms with Crippen LogP contribution in [0.1, 0.15) is 50.7 Å². The molecule has 3 amide bonds. The molecule has 0 N–H and O–H groups in total. The van der Waals surface area contributed by atoms with Crippen LogP contribution in [0.4, 0.5) is 23.7 Å². The number of alkyl halides is 3. The van der Waals surface area contributed by atoms with E-state index >= 15 is 0 Å². The number of hydrogen-bond donors (Lipinski definition) is 0. The van der Waals surface area contributed by atoms with Gasteiger partial charge in [-0.1, -0.05) is 0 Å². The van der Waals surface area contributed by atoms with Gasteiger partial charge in [-0.2, -0.15) is 18.4 Å². The topological polar surface area (TPSA) is 90.7 Å². The maximum absolute atomic E-state index is 13.3. The van der Waals surface area contributed by atoms with E-state index in [0.717, 1.165) is 42.7 Å². The summed E-state index contributed by atoms with van der Waals surface area (Å²) in [5.74, 6) is -1.45. The van der Waals surface area contributed by atoms with E-state index < -0.39 is 47.3 Å². The van der Waals surface area contributed by atoms with E-state index in [1.165, 1.54) is 19.9 Å². The minimum Gasteiger partial charge on any atom is -0.461 e. The molecular weight excluding hydrogens is 403 g/mol. The number of benzene rings is 1. The molecule has 1 saturated carbocycles. The Kier molecular flexibility index (Phi) is 5.50. The van der Waals surface area contributed by atoms with Gasteiger partial charge in [-0.05, 0) is 57.7 Å². The summed E-state index contributed by atoms with van der Waals surface area (Å²) in [5.41, 5.74) is -3.66. The van der Waals surface area contributed by atoms with Crippen molar-refractivity contribution in [1.29, 1.82) is 5.26 Å². The van der Waals surface area contributed by atoms with Gasteiger partial charge in [0.25, 0.3) is 5.91 Å². The lowest BCUT2D eigenvalue weighted by Crippen LogP contribution is -2.47. The summed E-state index contributed by atoms with van der Waals surface area (Å²) < 4.78 is 45.2. The van der Waals surface area contributed by atoms with E-state index in [0.29, 0.717) is 11.0 Å². The first-order chi connectivity index (χ1) is 14.0. The number of carbonyl (C=O) groups is 3. The summed E-state index contributed by atoms with van der Waals surface area (Å²) in [6.07, 6.45) is -1.71. The lowest BCUT2D eigenvalue weighted by atomic mass is 10.0. The van der Waals surface area contributed by atoms with E-state index in [9.17, 15) is 27.6 Å². The molecule has 2 fully saturated rings. The summed E-state index contributed by atoms with van der Waals surface area (Å²) in [4.78, 5) is 39.6. The Balaban J connectivity index is 1.88. The van der Waals surface area contributed by atoms with Crippen molar-refractivity contribution in [2.75, 3.05) is 11.4 Å². The van der Waals surface area contributed by atoms with Gasteiger partial charge in [-0.3, -0.25) is 14.5 Å². The number of amides is 3. The Morgan fingerprint density at radius 3 is 2.47 bits per heavy atom. The normalized spacial score (nSPS) is 19.3. The van der Waals surface area contributed by atoms with Crippen LogP contribution in [0.25, 0.3) is 0 Å². The van der Waals surface area contributed by atoms with Crippen molar-refractivity contribution in [2.24, 2.45) is 0 Å². The van der Waals surface area contributed by atoms with Gasteiger partial charge in [0.1, 0.15) is 18.2 Å². The van der Waals surface area contributed by atoms with Crippen molar-refractivity contribution < 1.29 is 32.3 Å². The molecule has 2 aliphatic rings. The zero-order valence-corrected chi connectivity index (χ0v) is 16.5. The number of carbonyl (C=O) groups excluding carboxylic acids is 3. The van der Waals surface area contributed by atoms with E-state index in [2.05, 4.69) is 0 Å². The first-order valence-electron chi connectivity index (χ1n) is 9.44. The summed E-state index contributed by atoms with van der Waals surface area (Å²) in [5, 5.41) is 8.93. The second-order valence-corrected chi connectivity index (χ2v) is 7.80. The van der Waals surface area contributed by atoms with Crippen LogP contribution < -0.4 is 4.90 Å². The standard InChI is InChI=1S/C20H20F3N3O4/c1-19(2)17(28)26(13-8-7-12(10-24)15(9-13)20(21,22)23)18(29)25(19)11-16(27)30-14-5-3-4-6-14/h7-9,14H,3-6,11H2,1-2H3. The van der Waals surface area contributed by atoms with Gasteiger partial charge in [0.2, 0.25) is 0 Å². The average molecular weight is 423 g/mol. The monoisotopic (exact) mass is 423 g/mol. The van der Waals surface area contributed by atoms with Crippen LogP contribution in [-0.4, -0.2) is 41.0 Å². The maximum atomic E-state index is 13.3. The van der Waals surface area contributed by atoms with Gasteiger partial charge >= 0.3 is 18.2 Å². The Hall–Kier alpha value is -3.09. The number of halogens is 3. The fourth-order valence-corrected chi connectivity index (χ4v) is 3.69. The van der Waals surface area contributed by atoms with E-state index in [1.807, 2.05) is 0 Å². The van der Waals surface area contributed by atoms with Crippen molar-refractivity contribution in [3.63, 3.8) is 0 Å². The second kappa shape index (κ2) is 7.63. The number of ether oxygens (including phenoxy) is 1. The summed E-state index contributed by atoms with van der Waals surface area (Å²) in [7, 11) is 0. The highest BCUT2D eigenvalue weighted by Crippen LogP contribution is 2.37. The molecule has 0 unspecified atom stereocenters. The molecule has 1 aromatic carbocycles. The highest BCUT2D eigenvalue weighted by molar-refractivity contribution is 6.23. The molecule has 0 aromatic heterocycles. The molecule has 0 atom stereocenters. The number of nitriles is 1. The molecule has 1 aromatic rings. The lowest BCUT2D eigenvalue weighted by molar-refractivity contribution is -0.150. The Morgan fingerprint density at radius 1 is 1.27 bits per heavy atom. The molecule has 160 valence electrons. The zero-order valence-electron chi connectivity index (χ0n) is 16.5. The minimum absolute atomic E-state index is 0.224. The molecule has 1 saturated heterocycles. The van der Waals surface area contributed by atoms with Crippen LogP contribution in [0.15, 0.2) is 18.2 Å². The smallest absolute Gasteiger partial charge is 0.417 e. The summed E-state index contributed by atoms with van der Waals surface area (Å²) in [6, 6.07) is 3.11. The molecular formula is C20H20F3N3O4. The van der Waals surface area contributed by atoms with Gasteiger partial charge in [0.05, 0.1) is 22.9 Å². The van der Waals surface area contributed by atoms with E-state index in [-0.39, 0.29) is 11.8 Å². The maximum Gasteiger partial charge on any atom is 0.417 e. The third kappa shape index (κ3) is 3.84. The second-order valence-electron chi connectivity index (χ2n) is 7.80. The van der Waals surface area contributed by atoms with Crippen molar-refractivity contribution in [1.82, 2.24) is 4.90 Å². The molecule has 3 rings (SSSR count). The van der Waals surface area contributed by atoms with Crippen molar-refractivity contribution in [3.05, 3.63) is 29.3 Å². The molecule has 1 aliphatic carbocycles. The van der Waals surface area contributed by atoms with Crippen LogP contribution in [0.5, 0.6) is 0 Å². The Labute approximate surface area is 171 Å². The first kappa shape index (κ1) is 21.6. The Bertz CT molecular complexity index is 930. The number of hydrogen-bond acceptors (Lipinski definition) is 5. The molecule has 1 heterocycles. The largest absolute Gasteiger partial charge is 0.461 e. The third-order valence-corrected chi connectivity index (χ3v) is 5.40. The van der Waals surface area contributed by atoms with Gasteiger partial charge in [-0.15, -0.1) is 0 Å². The summed E-state index contributed by atoms with van der Waals surface area (Å²) >= 11 is 0. The highest BCUT2D eigenvalue weighted by Gasteiger charge is 2.53. The molecule has 0 radical (unpaired) electrons. The fourth-order valence-electron chi connectivity index (χ4n) is 3.69. The average Bonchev–Trinajstić information content (AvgIpc) is 3.22. The fraction of sp³-hybridized carbons (Fsp3) is 0.500. The number of rotatable bonds is 4. The number of nitrogens with zero attached hydrogens (tertiary/aromatic N) is 3. The number of imide groups is 1. The highest BCUT2D eigenvalue weighted by atomic mass is 19.4. The Morgan fingerprint density at radius 2 is 1.90 bits per heavy atom. The van der Waals surface area contributed by atoms with Gasteiger partial charge in [0, 0.05) is 0 Å². The van der Waals surface area contributed by atoms with Gasteiger partial charge in [0.15, 0.2) is 0 Å². The molecule has 0 bridgehead atoms. The third-order valence-electron chi connectivity index (χ3n) is 5.40. The SMILES string of the molecule is CC1(C)C(=O)N(c2ccc(C#N)c(C(F)(F)F)c2)C(=O)N1CC(=O)OC1CCCC1. The van der Waals surface area contributed by atoms with Crippen LogP contribution in [0, 0.1) is 11.3 Å². The molecule has 0 spiro atoms. The van der Waals surface area contributed by atoms with Crippen molar-refractivity contribution >= 4 is 23.6 Å². The van der Waals surface area contributed by atoms with Crippen LogP contribution in [0.3, 0.4) is 0 Å². The quantitative estimate of drug-likeness (QED) is 0.545. The predicted octanol–water partition coefficient (Wildman–Crippen LogP) is 3.61. The number of anilines is 1. The molecule has 10 heteroatoms. The van der Waals surface area contributed by atoms with Crippen LogP contribution in [0.2, 0.25) is 0 Å². The van der Waals surface area contributed by atoms with Crippen molar-refractivity contribution in [3.8, 4) is 6.07 Å².